The van der Waals surface area contributed by atoms with Gasteiger partial charge in [-0.25, -0.2) is 0 Å². The molecule has 0 amide bonds. The maximum Gasteiger partial charge on any atom is 0.171 e. The van der Waals surface area contributed by atoms with Crippen LogP contribution in [-0.2, 0) is 4.57 Å². The number of allylic oxidation sites excluding steroid dienone is 3. The summed E-state index contributed by atoms with van der Waals surface area (Å²) in [5, 5.41) is 2.44. The third-order valence-corrected chi connectivity index (χ3v) is 7.58. The minimum absolute atomic E-state index is 0.766. The lowest BCUT2D eigenvalue weighted by Gasteiger charge is -2.23. The number of hydrogen-bond donors (Lipinski definition) is 0. The van der Waals surface area contributed by atoms with Gasteiger partial charge in [-0.05, 0) is 18.1 Å². The molecule has 124 valence electrons. The van der Waals surface area contributed by atoms with Crippen LogP contribution in [0.3, 0.4) is 0 Å². The third-order valence-electron chi connectivity index (χ3n) is 4.32. The summed E-state index contributed by atoms with van der Waals surface area (Å²) in [6.07, 6.45) is 3.62. The van der Waals surface area contributed by atoms with E-state index in [1.807, 2.05) is 85.8 Å². The van der Waals surface area contributed by atoms with Gasteiger partial charge in [0.15, 0.2) is 7.14 Å². The van der Waals surface area contributed by atoms with E-state index in [0.29, 0.717) is 0 Å². The summed E-state index contributed by atoms with van der Waals surface area (Å²) in [5.41, 5.74) is 2.06. The molecule has 25 heavy (non-hydrogen) atoms. The van der Waals surface area contributed by atoms with Crippen LogP contribution in [0.2, 0.25) is 0 Å². The Bertz CT molecular complexity index is 940. The molecule has 0 radical (unpaired) electrons. The van der Waals surface area contributed by atoms with E-state index in [9.17, 15) is 4.57 Å². The van der Waals surface area contributed by atoms with Crippen LogP contribution in [0.5, 0.6) is 0 Å². The average molecular weight is 344 g/mol. The summed E-state index contributed by atoms with van der Waals surface area (Å²) in [6, 6.07) is 27.8. The van der Waals surface area contributed by atoms with Crippen LogP contribution in [0.15, 0.2) is 109 Å². The molecular weight excluding hydrogens is 323 g/mol. The van der Waals surface area contributed by atoms with E-state index in [2.05, 4.69) is 18.7 Å². The summed E-state index contributed by atoms with van der Waals surface area (Å²) >= 11 is 0. The van der Waals surface area contributed by atoms with Gasteiger partial charge in [-0.3, -0.25) is 0 Å². The molecule has 3 aromatic rings. The van der Waals surface area contributed by atoms with Gasteiger partial charge in [0.2, 0.25) is 0 Å². The largest absolute Gasteiger partial charge is 0.309 e. The standard InChI is InChI=1S/C23H21OP/c1-3-20(4-2)25(24,21-15-9-6-10-16-21)23-18-12-11-17-22(23)19-13-7-5-8-14-19/h3-18H,1H2,2H3/b20-4+. The molecule has 0 aliphatic heterocycles. The van der Waals surface area contributed by atoms with Crippen LogP contribution >= 0.6 is 7.14 Å². The Kier molecular flexibility index (Phi) is 5.16. The summed E-state index contributed by atoms with van der Waals surface area (Å²) in [4.78, 5) is 0. The molecule has 0 N–H and O–H groups in total. The molecular formula is C23H21OP. The van der Waals surface area contributed by atoms with E-state index in [1.54, 1.807) is 6.08 Å². The zero-order valence-electron chi connectivity index (χ0n) is 14.3. The second kappa shape index (κ2) is 7.51. The third kappa shape index (κ3) is 3.16. The van der Waals surface area contributed by atoms with Gasteiger partial charge in [0.1, 0.15) is 0 Å². The number of benzene rings is 3. The van der Waals surface area contributed by atoms with Gasteiger partial charge < -0.3 is 4.57 Å². The fraction of sp³-hybridized carbons (Fsp3) is 0.0435. The first-order valence-corrected chi connectivity index (χ1v) is 10.0. The van der Waals surface area contributed by atoms with Crippen LogP contribution in [-0.4, -0.2) is 0 Å². The SMILES string of the molecule is C=C/C(=C\C)P(=O)(c1ccccc1)c1ccccc1-c1ccccc1. The van der Waals surface area contributed by atoms with Crippen molar-refractivity contribution in [3.8, 4) is 11.1 Å². The second-order valence-electron chi connectivity index (χ2n) is 5.75. The highest BCUT2D eigenvalue weighted by atomic mass is 31.2. The van der Waals surface area contributed by atoms with Crippen molar-refractivity contribution in [3.05, 3.63) is 109 Å². The predicted molar refractivity (Wildman–Crippen MR) is 109 cm³/mol. The van der Waals surface area contributed by atoms with Crippen molar-refractivity contribution >= 4 is 17.8 Å². The topological polar surface area (TPSA) is 17.1 Å². The summed E-state index contributed by atoms with van der Waals surface area (Å²) in [7, 11) is -2.99. The molecule has 0 aliphatic carbocycles. The van der Waals surface area contributed by atoms with Gasteiger partial charge in [-0.1, -0.05) is 104 Å². The maximum absolute atomic E-state index is 14.4. The van der Waals surface area contributed by atoms with Crippen LogP contribution in [0.25, 0.3) is 11.1 Å². The maximum atomic E-state index is 14.4. The molecule has 0 aromatic heterocycles. The van der Waals surface area contributed by atoms with Crippen molar-refractivity contribution in [2.24, 2.45) is 0 Å². The Morgan fingerprint density at radius 1 is 0.840 bits per heavy atom. The van der Waals surface area contributed by atoms with Crippen molar-refractivity contribution in [2.75, 3.05) is 0 Å². The molecule has 0 saturated carbocycles. The van der Waals surface area contributed by atoms with E-state index >= 15 is 0 Å². The molecule has 0 heterocycles. The highest BCUT2D eigenvalue weighted by molar-refractivity contribution is 7.82. The first-order chi connectivity index (χ1) is 12.2. The molecule has 1 nitrogen and oxygen atoms in total. The Balaban J connectivity index is 2.34. The smallest absolute Gasteiger partial charge is 0.171 e. The fourth-order valence-corrected chi connectivity index (χ4v) is 6.01. The molecule has 3 rings (SSSR count). The van der Waals surface area contributed by atoms with Gasteiger partial charge in [-0.15, -0.1) is 0 Å². The predicted octanol–water partition coefficient (Wildman–Crippen LogP) is 5.76. The van der Waals surface area contributed by atoms with Crippen molar-refractivity contribution in [1.82, 2.24) is 0 Å². The van der Waals surface area contributed by atoms with E-state index in [1.165, 1.54) is 0 Å². The zero-order valence-corrected chi connectivity index (χ0v) is 15.2. The Morgan fingerprint density at radius 2 is 1.40 bits per heavy atom. The van der Waals surface area contributed by atoms with Crippen LogP contribution < -0.4 is 10.6 Å². The molecule has 1 unspecified atom stereocenters. The first kappa shape index (κ1) is 17.2. The summed E-state index contributed by atoms with van der Waals surface area (Å²) in [6.45, 7) is 5.83. The van der Waals surface area contributed by atoms with E-state index < -0.39 is 7.14 Å². The van der Waals surface area contributed by atoms with Crippen molar-refractivity contribution in [2.45, 2.75) is 6.92 Å². The highest BCUT2D eigenvalue weighted by Crippen LogP contribution is 2.53. The number of hydrogen-bond acceptors (Lipinski definition) is 1. The van der Waals surface area contributed by atoms with E-state index in [-0.39, 0.29) is 0 Å². The molecule has 3 aromatic carbocycles. The lowest BCUT2D eigenvalue weighted by molar-refractivity contribution is 0.591. The Hall–Kier alpha value is -2.63. The Morgan fingerprint density at radius 3 is 2.00 bits per heavy atom. The summed E-state index contributed by atoms with van der Waals surface area (Å²) in [5.74, 6) is 0. The van der Waals surface area contributed by atoms with E-state index in [0.717, 1.165) is 27.1 Å². The monoisotopic (exact) mass is 344 g/mol. The van der Waals surface area contributed by atoms with Crippen molar-refractivity contribution < 1.29 is 4.57 Å². The van der Waals surface area contributed by atoms with Gasteiger partial charge >= 0.3 is 0 Å². The van der Waals surface area contributed by atoms with E-state index in [4.69, 9.17) is 0 Å². The van der Waals surface area contributed by atoms with Crippen molar-refractivity contribution in [3.63, 3.8) is 0 Å². The molecule has 0 saturated heterocycles. The van der Waals surface area contributed by atoms with Gasteiger partial charge in [-0.2, -0.15) is 0 Å². The first-order valence-electron chi connectivity index (χ1n) is 8.32. The molecule has 0 bridgehead atoms. The van der Waals surface area contributed by atoms with Gasteiger partial charge in [0.05, 0.1) is 0 Å². The quantitative estimate of drug-likeness (QED) is 0.425. The van der Waals surface area contributed by atoms with Crippen LogP contribution in [0, 0.1) is 0 Å². The summed E-state index contributed by atoms with van der Waals surface area (Å²) < 4.78 is 14.4. The lowest BCUT2D eigenvalue weighted by Crippen LogP contribution is -2.19. The zero-order chi connectivity index (χ0) is 17.7. The van der Waals surface area contributed by atoms with Crippen LogP contribution in [0.4, 0.5) is 0 Å². The minimum Gasteiger partial charge on any atom is -0.309 e. The average Bonchev–Trinajstić information content (AvgIpc) is 2.70. The minimum atomic E-state index is -2.99. The van der Waals surface area contributed by atoms with Crippen molar-refractivity contribution in [1.29, 1.82) is 0 Å². The molecule has 0 spiro atoms. The molecule has 0 fully saturated rings. The second-order valence-corrected chi connectivity index (χ2v) is 8.48. The van der Waals surface area contributed by atoms with Gasteiger partial charge in [0, 0.05) is 15.9 Å². The Labute approximate surface area is 149 Å². The van der Waals surface area contributed by atoms with Gasteiger partial charge in [0.25, 0.3) is 0 Å². The number of rotatable bonds is 5. The highest BCUT2D eigenvalue weighted by Gasteiger charge is 2.32. The normalized spacial score (nSPS) is 13.9. The fourth-order valence-electron chi connectivity index (χ4n) is 3.10. The lowest BCUT2D eigenvalue weighted by atomic mass is 10.1. The molecule has 0 aliphatic rings. The van der Waals surface area contributed by atoms with Crippen LogP contribution in [0.1, 0.15) is 6.92 Å². The molecule has 1 atom stereocenters. The molecule has 2 heteroatoms.